The Bertz CT molecular complexity index is 498. The van der Waals surface area contributed by atoms with Gasteiger partial charge in [0.25, 0.3) is 5.91 Å². The van der Waals surface area contributed by atoms with E-state index in [1.807, 2.05) is 32.9 Å². The second-order valence-electron chi connectivity index (χ2n) is 5.36. The third-order valence-corrected chi connectivity index (χ3v) is 2.91. The van der Waals surface area contributed by atoms with Crippen molar-refractivity contribution in [3.05, 3.63) is 29.3 Å². The average molecular weight is 291 g/mol. The van der Waals surface area contributed by atoms with Crippen molar-refractivity contribution >= 4 is 17.5 Å². The minimum Gasteiger partial charge on any atom is -0.385 e. The van der Waals surface area contributed by atoms with Crippen molar-refractivity contribution in [2.45, 2.75) is 40.2 Å². The van der Waals surface area contributed by atoms with E-state index in [2.05, 4.69) is 22.9 Å². The van der Waals surface area contributed by atoms with Gasteiger partial charge < -0.3 is 16.0 Å². The predicted molar refractivity (Wildman–Crippen MR) is 85.6 cm³/mol. The first-order chi connectivity index (χ1) is 9.93. The average Bonchev–Trinajstić information content (AvgIpc) is 2.42. The Kier molecular flexibility index (Phi) is 6.72. The summed E-state index contributed by atoms with van der Waals surface area (Å²) >= 11 is 0. The lowest BCUT2D eigenvalue weighted by Crippen LogP contribution is -2.39. The number of anilines is 1. The van der Waals surface area contributed by atoms with Crippen molar-refractivity contribution in [1.29, 1.82) is 0 Å². The fraction of sp³-hybridized carbons (Fsp3) is 0.500. The van der Waals surface area contributed by atoms with Crippen LogP contribution >= 0.6 is 0 Å². The number of hydrogen-bond acceptors (Lipinski definition) is 3. The molecule has 0 aliphatic rings. The number of aryl methyl sites for hydroxylation is 1. The van der Waals surface area contributed by atoms with Gasteiger partial charge in [0.15, 0.2) is 0 Å². The molecule has 2 amide bonds. The van der Waals surface area contributed by atoms with Crippen LogP contribution in [0.15, 0.2) is 18.2 Å². The van der Waals surface area contributed by atoms with E-state index >= 15 is 0 Å². The van der Waals surface area contributed by atoms with E-state index in [1.165, 1.54) is 0 Å². The quantitative estimate of drug-likeness (QED) is 0.720. The molecule has 116 valence electrons. The molecule has 5 nitrogen and oxygen atoms in total. The lowest BCUT2D eigenvalue weighted by Gasteiger charge is -2.12. The largest absolute Gasteiger partial charge is 0.385 e. The first-order valence-electron chi connectivity index (χ1n) is 7.36. The zero-order valence-corrected chi connectivity index (χ0v) is 13.2. The Labute approximate surface area is 126 Å². The first-order valence-corrected chi connectivity index (χ1v) is 7.36. The summed E-state index contributed by atoms with van der Waals surface area (Å²) in [4.78, 5) is 23.6. The van der Waals surface area contributed by atoms with Crippen LogP contribution in [0.1, 0.15) is 43.1 Å². The molecule has 0 radical (unpaired) electrons. The summed E-state index contributed by atoms with van der Waals surface area (Å²) in [5.74, 6) is -0.411. The van der Waals surface area contributed by atoms with Crippen LogP contribution in [0.4, 0.5) is 5.69 Å². The Morgan fingerprint density at radius 3 is 2.52 bits per heavy atom. The highest BCUT2D eigenvalue weighted by molar-refractivity contribution is 5.98. The molecule has 0 spiro atoms. The van der Waals surface area contributed by atoms with Crippen molar-refractivity contribution in [2.24, 2.45) is 0 Å². The summed E-state index contributed by atoms with van der Waals surface area (Å²) in [5.41, 5.74) is 2.48. The molecular formula is C16H25N3O2. The molecule has 0 fully saturated rings. The minimum absolute atomic E-state index is 0.00765. The summed E-state index contributed by atoms with van der Waals surface area (Å²) in [7, 11) is 0. The highest BCUT2D eigenvalue weighted by Crippen LogP contribution is 2.15. The van der Waals surface area contributed by atoms with E-state index in [1.54, 1.807) is 6.07 Å². The summed E-state index contributed by atoms with van der Waals surface area (Å²) in [6.07, 6.45) is 1.05. The van der Waals surface area contributed by atoms with Crippen LogP contribution in [0, 0.1) is 6.92 Å². The molecule has 0 aliphatic carbocycles. The number of hydrogen-bond donors (Lipinski definition) is 3. The van der Waals surface area contributed by atoms with Gasteiger partial charge in [-0.2, -0.15) is 0 Å². The van der Waals surface area contributed by atoms with E-state index in [9.17, 15) is 9.59 Å². The highest BCUT2D eigenvalue weighted by Gasteiger charge is 2.11. The third-order valence-electron chi connectivity index (χ3n) is 2.91. The van der Waals surface area contributed by atoms with Crippen LogP contribution in [0.25, 0.3) is 0 Å². The maximum absolute atomic E-state index is 12.1. The van der Waals surface area contributed by atoms with Gasteiger partial charge in [0.2, 0.25) is 5.91 Å². The van der Waals surface area contributed by atoms with Crippen molar-refractivity contribution in [1.82, 2.24) is 10.6 Å². The third kappa shape index (κ3) is 5.85. The monoisotopic (exact) mass is 291 g/mol. The highest BCUT2D eigenvalue weighted by atomic mass is 16.2. The van der Waals surface area contributed by atoms with Gasteiger partial charge in [0.05, 0.1) is 6.54 Å². The number of carbonyl (C=O) groups is 2. The number of carbonyl (C=O) groups excluding carboxylic acids is 2. The Balaban J connectivity index is 2.60. The standard InChI is InChI=1S/C16H25N3O2/c1-5-8-17-13-6-7-14(12(4)9-13)16(21)18-10-15(20)19-11(2)3/h6-7,9,11,17H,5,8,10H2,1-4H3,(H,18,21)(H,19,20). The smallest absolute Gasteiger partial charge is 0.251 e. The molecule has 5 heteroatoms. The van der Waals surface area contributed by atoms with Crippen LogP contribution in [-0.2, 0) is 4.79 Å². The van der Waals surface area contributed by atoms with E-state index < -0.39 is 0 Å². The number of amides is 2. The molecule has 0 aliphatic heterocycles. The second kappa shape index (κ2) is 8.29. The molecule has 1 rings (SSSR count). The number of rotatable bonds is 7. The van der Waals surface area contributed by atoms with Crippen LogP contribution in [0.2, 0.25) is 0 Å². The Morgan fingerprint density at radius 2 is 1.95 bits per heavy atom. The van der Waals surface area contributed by atoms with Gasteiger partial charge in [-0.3, -0.25) is 9.59 Å². The van der Waals surface area contributed by atoms with Gasteiger partial charge in [-0.15, -0.1) is 0 Å². The number of nitrogens with one attached hydrogen (secondary N) is 3. The molecule has 1 aromatic rings. The summed E-state index contributed by atoms with van der Waals surface area (Å²) in [6.45, 7) is 8.65. The van der Waals surface area contributed by atoms with E-state index in [4.69, 9.17) is 0 Å². The van der Waals surface area contributed by atoms with Crippen LogP contribution < -0.4 is 16.0 Å². The summed E-state index contributed by atoms with van der Waals surface area (Å²) in [6, 6.07) is 5.67. The van der Waals surface area contributed by atoms with E-state index in [-0.39, 0.29) is 24.4 Å². The molecule has 0 heterocycles. The normalized spacial score (nSPS) is 10.3. The molecule has 1 aromatic carbocycles. The molecule has 3 N–H and O–H groups in total. The molecule has 0 bridgehead atoms. The topological polar surface area (TPSA) is 70.2 Å². The van der Waals surface area contributed by atoms with E-state index in [0.717, 1.165) is 24.2 Å². The Morgan fingerprint density at radius 1 is 1.24 bits per heavy atom. The van der Waals surface area contributed by atoms with Gasteiger partial charge in [-0.1, -0.05) is 6.92 Å². The summed E-state index contributed by atoms with van der Waals surface area (Å²) < 4.78 is 0. The fourth-order valence-corrected chi connectivity index (χ4v) is 1.93. The molecule has 0 atom stereocenters. The van der Waals surface area contributed by atoms with Crippen molar-refractivity contribution in [3.63, 3.8) is 0 Å². The van der Waals surface area contributed by atoms with Crippen molar-refractivity contribution < 1.29 is 9.59 Å². The predicted octanol–water partition coefficient (Wildman–Crippen LogP) is 2.07. The van der Waals surface area contributed by atoms with Gasteiger partial charge in [0.1, 0.15) is 0 Å². The lowest BCUT2D eigenvalue weighted by molar-refractivity contribution is -0.120. The fourth-order valence-electron chi connectivity index (χ4n) is 1.93. The van der Waals surface area contributed by atoms with Crippen molar-refractivity contribution in [2.75, 3.05) is 18.4 Å². The molecule has 21 heavy (non-hydrogen) atoms. The SMILES string of the molecule is CCCNc1ccc(C(=O)NCC(=O)NC(C)C)c(C)c1. The molecule has 0 aromatic heterocycles. The van der Waals surface area contributed by atoms with Crippen LogP contribution in [-0.4, -0.2) is 30.9 Å². The van der Waals surface area contributed by atoms with Crippen LogP contribution in [0.5, 0.6) is 0 Å². The molecule has 0 unspecified atom stereocenters. The lowest BCUT2D eigenvalue weighted by atomic mass is 10.1. The molecular weight excluding hydrogens is 266 g/mol. The van der Waals surface area contributed by atoms with Gasteiger partial charge in [0, 0.05) is 23.8 Å². The van der Waals surface area contributed by atoms with E-state index in [0.29, 0.717) is 5.56 Å². The first kappa shape index (κ1) is 17.0. The minimum atomic E-state index is -0.228. The van der Waals surface area contributed by atoms with Gasteiger partial charge in [-0.05, 0) is 51.0 Å². The zero-order valence-electron chi connectivity index (χ0n) is 13.2. The van der Waals surface area contributed by atoms with Gasteiger partial charge in [-0.25, -0.2) is 0 Å². The van der Waals surface area contributed by atoms with Crippen molar-refractivity contribution in [3.8, 4) is 0 Å². The second-order valence-corrected chi connectivity index (χ2v) is 5.36. The van der Waals surface area contributed by atoms with Gasteiger partial charge >= 0.3 is 0 Å². The molecule has 0 saturated heterocycles. The maximum atomic E-state index is 12.1. The number of benzene rings is 1. The Hall–Kier alpha value is -2.04. The van der Waals surface area contributed by atoms with Crippen LogP contribution in [0.3, 0.4) is 0 Å². The maximum Gasteiger partial charge on any atom is 0.251 e. The molecule has 0 saturated carbocycles. The summed E-state index contributed by atoms with van der Waals surface area (Å²) in [5, 5.41) is 8.65. The zero-order chi connectivity index (χ0) is 15.8.